The molecule has 1 aromatic rings. The summed E-state index contributed by atoms with van der Waals surface area (Å²) in [6.07, 6.45) is 4.56. The molecule has 0 saturated heterocycles. The van der Waals surface area contributed by atoms with Gasteiger partial charge in [-0.1, -0.05) is 45.0 Å². The van der Waals surface area contributed by atoms with Crippen molar-refractivity contribution in [3.8, 4) is 0 Å². The fourth-order valence-electron chi connectivity index (χ4n) is 2.98. The van der Waals surface area contributed by atoms with Crippen molar-refractivity contribution < 1.29 is 9.84 Å². The smallest absolute Gasteiger partial charge is 0.0703 e. The summed E-state index contributed by atoms with van der Waals surface area (Å²) >= 11 is 0. The maximum absolute atomic E-state index is 10.3. The van der Waals surface area contributed by atoms with E-state index in [1.54, 1.807) is 7.11 Å². The van der Waals surface area contributed by atoms with Gasteiger partial charge in [-0.15, -0.1) is 0 Å². The van der Waals surface area contributed by atoms with Gasteiger partial charge in [-0.3, -0.25) is 0 Å². The maximum Gasteiger partial charge on any atom is 0.0703 e. The zero-order chi connectivity index (χ0) is 14.8. The van der Waals surface area contributed by atoms with Crippen LogP contribution in [-0.2, 0) is 16.6 Å². The summed E-state index contributed by atoms with van der Waals surface area (Å²) in [5.74, 6) is 0. The lowest BCUT2D eigenvalue weighted by atomic mass is 9.75. The molecule has 1 fully saturated rings. The summed E-state index contributed by atoms with van der Waals surface area (Å²) in [5, 5.41) is 10.3. The molecule has 1 saturated carbocycles. The summed E-state index contributed by atoms with van der Waals surface area (Å²) in [6, 6.07) is 8.64. The van der Waals surface area contributed by atoms with Crippen LogP contribution in [0, 0.1) is 0 Å². The molecule has 0 radical (unpaired) electrons. The summed E-state index contributed by atoms with van der Waals surface area (Å²) in [5.41, 5.74) is 2.67. The van der Waals surface area contributed by atoms with Crippen LogP contribution in [-0.4, -0.2) is 23.9 Å². The first kappa shape index (κ1) is 15.5. The second-order valence-electron chi connectivity index (χ2n) is 7.25. The summed E-state index contributed by atoms with van der Waals surface area (Å²) in [7, 11) is 1.77. The highest BCUT2D eigenvalue weighted by atomic mass is 16.5. The van der Waals surface area contributed by atoms with Gasteiger partial charge in [0.25, 0.3) is 0 Å². The topological polar surface area (TPSA) is 29.5 Å². The number of aliphatic hydroxyl groups is 1. The monoisotopic (exact) mass is 276 g/mol. The van der Waals surface area contributed by atoms with Crippen LogP contribution in [0.3, 0.4) is 0 Å². The van der Waals surface area contributed by atoms with E-state index in [4.69, 9.17) is 4.74 Å². The molecule has 0 heterocycles. The maximum atomic E-state index is 10.3. The van der Waals surface area contributed by atoms with E-state index in [0.29, 0.717) is 0 Å². The minimum absolute atomic E-state index is 0.0508. The molecule has 1 N–H and O–H groups in total. The van der Waals surface area contributed by atoms with Crippen LogP contribution in [0.15, 0.2) is 24.3 Å². The lowest BCUT2D eigenvalue weighted by Crippen LogP contribution is -2.42. The number of methoxy groups -OCH3 is 1. The van der Waals surface area contributed by atoms with Gasteiger partial charge < -0.3 is 9.84 Å². The van der Waals surface area contributed by atoms with Crippen LogP contribution < -0.4 is 0 Å². The first-order chi connectivity index (χ1) is 9.35. The third-order valence-corrected chi connectivity index (χ3v) is 4.60. The van der Waals surface area contributed by atoms with Gasteiger partial charge in [0.05, 0.1) is 11.7 Å². The molecule has 0 amide bonds. The minimum atomic E-state index is -0.310. The second kappa shape index (κ2) is 5.87. The van der Waals surface area contributed by atoms with Crippen molar-refractivity contribution in [1.82, 2.24) is 0 Å². The van der Waals surface area contributed by atoms with E-state index in [1.165, 1.54) is 17.5 Å². The summed E-state index contributed by atoms with van der Waals surface area (Å²) in [4.78, 5) is 0. The SMILES string of the molecule is COC1(CC(O)Cc2ccc(C(C)(C)C)cc2)CCC1. The zero-order valence-corrected chi connectivity index (χ0v) is 13.3. The Morgan fingerprint density at radius 3 is 2.20 bits per heavy atom. The highest BCUT2D eigenvalue weighted by Crippen LogP contribution is 2.39. The van der Waals surface area contributed by atoms with Crippen LogP contribution in [0.25, 0.3) is 0 Å². The Balaban J connectivity index is 1.93. The van der Waals surface area contributed by atoms with Crippen molar-refractivity contribution in [3.05, 3.63) is 35.4 Å². The average molecular weight is 276 g/mol. The van der Waals surface area contributed by atoms with Crippen molar-refractivity contribution in [3.63, 3.8) is 0 Å². The number of hydrogen-bond acceptors (Lipinski definition) is 2. The van der Waals surface area contributed by atoms with Gasteiger partial charge in [0.15, 0.2) is 0 Å². The molecule has 2 rings (SSSR count). The van der Waals surface area contributed by atoms with Gasteiger partial charge in [-0.2, -0.15) is 0 Å². The molecular weight excluding hydrogens is 248 g/mol. The van der Waals surface area contributed by atoms with Crippen molar-refractivity contribution in [2.45, 2.75) is 70.0 Å². The van der Waals surface area contributed by atoms with Gasteiger partial charge >= 0.3 is 0 Å². The number of aliphatic hydroxyl groups excluding tert-OH is 1. The third kappa shape index (κ3) is 3.62. The molecule has 0 aromatic heterocycles. The predicted octanol–water partition coefficient (Wildman–Crippen LogP) is 3.85. The Morgan fingerprint density at radius 2 is 1.80 bits per heavy atom. The molecule has 112 valence electrons. The number of rotatable bonds is 5. The molecule has 20 heavy (non-hydrogen) atoms. The Hall–Kier alpha value is -0.860. The molecule has 0 bridgehead atoms. The number of ether oxygens (including phenoxy) is 1. The highest BCUT2D eigenvalue weighted by molar-refractivity contribution is 5.27. The number of benzene rings is 1. The Morgan fingerprint density at radius 1 is 1.20 bits per heavy atom. The Kier molecular flexibility index (Phi) is 4.55. The van der Waals surface area contributed by atoms with Gasteiger partial charge in [0.2, 0.25) is 0 Å². The van der Waals surface area contributed by atoms with E-state index in [2.05, 4.69) is 45.0 Å². The molecule has 1 aromatic carbocycles. The van der Waals surface area contributed by atoms with E-state index < -0.39 is 0 Å². The quantitative estimate of drug-likeness (QED) is 0.885. The fourth-order valence-corrected chi connectivity index (χ4v) is 2.98. The van der Waals surface area contributed by atoms with Crippen LogP contribution >= 0.6 is 0 Å². The Labute approximate surface area is 123 Å². The van der Waals surface area contributed by atoms with Crippen molar-refractivity contribution in [2.75, 3.05) is 7.11 Å². The van der Waals surface area contributed by atoms with Crippen LogP contribution in [0.4, 0.5) is 0 Å². The predicted molar refractivity (Wildman–Crippen MR) is 83.1 cm³/mol. The fraction of sp³-hybridized carbons (Fsp3) is 0.667. The molecular formula is C18H28O2. The van der Waals surface area contributed by atoms with Gasteiger partial charge in [-0.25, -0.2) is 0 Å². The van der Waals surface area contributed by atoms with Crippen LogP contribution in [0.5, 0.6) is 0 Å². The standard InChI is InChI=1S/C18H28O2/c1-17(2,3)15-8-6-14(7-9-15)12-16(19)13-18(20-4)10-5-11-18/h6-9,16,19H,5,10-13H2,1-4H3. The van der Waals surface area contributed by atoms with E-state index >= 15 is 0 Å². The van der Waals surface area contributed by atoms with E-state index in [1.807, 2.05) is 0 Å². The molecule has 1 unspecified atom stereocenters. The molecule has 1 aliphatic rings. The minimum Gasteiger partial charge on any atom is -0.393 e. The van der Waals surface area contributed by atoms with Gasteiger partial charge in [-0.05, 0) is 42.2 Å². The summed E-state index contributed by atoms with van der Waals surface area (Å²) in [6.45, 7) is 6.65. The largest absolute Gasteiger partial charge is 0.393 e. The molecule has 1 aliphatic carbocycles. The first-order valence-electron chi connectivity index (χ1n) is 7.67. The van der Waals surface area contributed by atoms with E-state index in [9.17, 15) is 5.11 Å². The normalized spacial score (nSPS) is 19.4. The first-order valence-corrected chi connectivity index (χ1v) is 7.67. The van der Waals surface area contributed by atoms with Gasteiger partial charge in [0, 0.05) is 13.5 Å². The zero-order valence-electron chi connectivity index (χ0n) is 13.3. The van der Waals surface area contributed by atoms with Crippen LogP contribution in [0.2, 0.25) is 0 Å². The molecule has 0 aliphatic heterocycles. The van der Waals surface area contributed by atoms with E-state index in [-0.39, 0.29) is 17.1 Å². The lowest BCUT2D eigenvalue weighted by molar-refractivity contribution is -0.0989. The number of hydrogen-bond donors (Lipinski definition) is 1. The van der Waals surface area contributed by atoms with E-state index in [0.717, 1.165) is 25.7 Å². The Bertz CT molecular complexity index is 418. The second-order valence-corrected chi connectivity index (χ2v) is 7.25. The van der Waals surface area contributed by atoms with Gasteiger partial charge in [0.1, 0.15) is 0 Å². The average Bonchev–Trinajstić information content (AvgIpc) is 2.33. The van der Waals surface area contributed by atoms with Crippen molar-refractivity contribution in [1.29, 1.82) is 0 Å². The highest BCUT2D eigenvalue weighted by Gasteiger charge is 2.38. The molecule has 2 nitrogen and oxygen atoms in total. The molecule has 2 heteroatoms. The van der Waals surface area contributed by atoms with Crippen molar-refractivity contribution >= 4 is 0 Å². The van der Waals surface area contributed by atoms with Crippen LogP contribution in [0.1, 0.15) is 57.6 Å². The lowest BCUT2D eigenvalue weighted by Gasteiger charge is -2.41. The summed E-state index contributed by atoms with van der Waals surface area (Å²) < 4.78 is 5.59. The molecule has 0 spiro atoms. The third-order valence-electron chi connectivity index (χ3n) is 4.60. The molecule has 1 atom stereocenters. The van der Waals surface area contributed by atoms with Crippen molar-refractivity contribution in [2.24, 2.45) is 0 Å².